The van der Waals surface area contributed by atoms with Gasteiger partial charge in [-0.2, -0.15) is 0 Å². The van der Waals surface area contributed by atoms with Gasteiger partial charge in [0.15, 0.2) is 0 Å². The summed E-state index contributed by atoms with van der Waals surface area (Å²) < 4.78 is 16.3. The Bertz CT molecular complexity index is 731. The number of rotatable bonds is 8. The van der Waals surface area contributed by atoms with E-state index in [1.807, 2.05) is 44.2 Å². The van der Waals surface area contributed by atoms with Crippen molar-refractivity contribution >= 4 is 18.0 Å². The van der Waals surface area contributed by atoms with E-state index in [-0.39, 0.29) is 12.5 Å². The molecule has 0 N–H and O–H groups in total. The van der Waals surface area contributed by atoms with Crippen LogP contribution in [0, 0.1) is 5.92 Å². The first-order chi connectivity index (χ1) is 14.2. The first-order valence-electron chi connectivity index (χ1n) is 10.6. The Morgan fingerprint density at radius 1 is 0.903 bits per heavy atom. The zero-order chi connectivity index (χ0) is 23.8. The fourth-order valence-electron chi connectivity index (χ4n) is 2.76. The van der Waals surface area contributed by atoms with E-state index in [0.29, 0.717) is 6.42 Å². The van der Waals surface area contributed by atoms with E-state index < -0.39 is 41.8 Å². The van der Waals surface area contributed by atoms with Gasteiger partial charge in [-0.25, -0.2) is 9.59 Å². The third kappa shape index (κ3) is 10.9. The summed E-state index contributed by atoms with van der Waals surface area (Å²) in [5.41, 5.74) is -0.687. The lowest BCUT2D eigenvalue weighted by atomic mass is 10.0. The maximum absolute atomic E-state index is 13.0. The smallest absolute Gasteiger partial charge is 0.411 e. The van der Waals surface area contributed by atoms with Gasteiger partial charge < -0.3 is 14.2 Å². The van der Waals surface area contributed by atoms with E-state index in [9.17, 15) is 14.4 Å². The second kappa shape index (κ2) is 11.2. The molecule has 0 aliphatic heterocycles. The van der Waals surface area contributed by atoms with E-state index in [0.717, 1.165) is 10.5 Å². The minimum absolute atomic E-state index is 0.0675. The van der Waals surface area contributed by atoms with Gasteiger partial charge in [0, 0.05) is 0 Å². The molecule has 0 heterocycles. The molecule has 1 aromatic rings. The number of hydrogen-bond acceptors (Lipinski definition) is 6. The first kappa shape index (κ1) is 26.5. The van der Waals surface area contributed by atoms with Crippen LogP contribution in [0.2, 0.25) is 0 Å². The summed E-state index contributed by atoms with van der Waals surface area (Å²) in [5, 5.41) is 0. The first-order valence-corrected chi connectivity index (χ1v) is 10.6. The fraction of sp³-hybridized carbons (Fsp3) is 0.625. The molecule has 1 aromatic carbocycles. The monoisotopic (exact) mass is 435 g/mol. The lowest BCUT2D eigenvalue weighted by Gasteiger charge is -2.33. The molecule has 1 atom stereocenters. The highest BCUT2D eigenvalue weighted by Gasteiger charge is 2.37. The summed E-state index contributed by atoms with van der Waals surface area (Å²) in [6.07, 6.45) is -0.448. The molecule has 0 bridgehead atoms. The molecule has 1 rings (SSSR count). The summed E-state index contributed by atoms with van der Waals surface area (Å²) in [6.45, 7) is 13.9. The third-order valence-corrected chi connectivity index (χ3v) is 3.91. The molecule has 0 aliphatic rings. The Balaban J connectivity index is 3.12. The van der Waals surface area contributed by atoms with Gasteiger partial charge in [-0.1, -0.05) is 44.2 Å². The second-order valence-electron chi connectivity index (χ2n) is 9.93. The topological polar surface area (TPSA) is 82.1 Å². The molecule has 31 heavy (non-hydrogen) atoms. The number of benzene rings is 1. The summed E-state index contributed by atoms with van der Waals surface area (Å²) in [6, 6.07) is 8.28. The number of esters is 2. The van der Waals surface area contributed by atoms with Crippen molar-refractivity contribution in [1.29, 1.82) is 0 Å². The molecule has 7 nitrogen and oxygen atoms in total. The number of nitrogens with zero attached hydrogens (tertiary/aromatic N) is 1. The van der Waals surface area contributed by atoms with Gasteiger partial charge in [0.2, 0.25) is 0 Å². The quantitative estimate of drug-likeness (QED) is 0.434. The van der Waals surface area contributed by atoms with Crippen molar-refractivity contribution in [3.63, 3.8) is 0 Å². The highest BCUT2D eigenvalue weighted by atomic mass is 16.6. The van der Waals surface area contributed by atoms with E-state index in [1.54, 1.807) is 41.5 Å². The van der Waals surface area contributed by atoms with Crippen molar-refractivity contribution < 1.29 is 28.6 Å². The zero-order valence-electron chi connectivity index (χ0n) is 20.1. The van der Waals surface area contributed by atoms with Crippen LogP contribution in [0.15, 0.2) is 30.3 Å². The standard InChI is InChI=1S/C24H37NO6/c1-17(2)14-19(21(27)29-16-18-12-10-9-11-13-18)25(22(28)31-24(6,7)8)15-20(26)30-23(3,4)5/h9-13,17,19H,14-16H2,1-8H3/t19-/m1/s1. The van der Waals surface area contributed by atoms with Crippen LogP contribution >= 0.6 is 0 Å². The zero-order valence-corrected chi connectivity index (χ0v) is 20.1. The Morgan fingerprint density at radius 2 is 1.45 bits per heavy atom. The number of carbonyl (C=O) groups excluding carboxylic acids is 3. The Kier molecular flexibility index (Phi) is 9.53. The second-order valence-corrected chi connectivity index (χ2v) is 9.93. The SMILES string of the molecule is CC(C)C[C@H](C(=O)OCc1ccccc1)N(CC(=O)OC(C)(C)C)C(=O)OC(C)(C)C. The van der Waals surface area contributed by atoms with Crippen LogP contribution in [0.25, 0.3) is 0 Å². The summed E-state index contributed by atoms with van der Waals surface area (Å²) in [4.78, 5) is 39.6. The largest absolute Gasteiger partial charge is 0.459 e. The molecular weight excluding hydrogens is 398 g/mol. The highest BCUT2D eigenvalue weighted by Crippen LogP contribution is 2.19. The predicted molar refractivity (Wildman–Crippen MR) is 118 cm³/mol. The fourth-order valence-corrected chi connectivity index (χ4v) is 2.76. The van der Waals surface area contributed by atoms with Crippen LogP contribution in [0.3, 0.4) is 0 Å². The van der Waals surface area contributed by atoms with Crippen LogP contribution in [-0.2, 0) is 30.4 Å². The van der Waals surface area contributed by atoms with Gasteiger partial charge in [-0.3, -0.25) is 9.69 Å². The number of hydrogen-bond donors (Lipinski definition) is 0. The van der Waals surface area contributed by atoms with E-state index >= 15 is 0 Å². The van der Waals surface area contributed by atoms with Crippen LogP contribution < -0.4 is 0 Å². The summed E-state index contributed by atoms with van der Waals surface area (Å²) in [7, 11) is 0. The lowest BCUT2D eigenvalue weighted by Crippen LogP contribution is -2.51. The van der Waals surface area contributed by atoms with Gasteiger partial charge >= 0.3 is 18.0 Å². The van der Waals surface area contributed by atoms with Gasteiger partial charge in [0.05, 0.1) is 0 Å². The molecule has 0 aliphatic carbocycles. The molecule has 0 aromatic heterocycles. The normalized spacial score (nSPS) is 12.8. The molecule has 0 fully saturated rings. The van der Waals surface area contributed by atoms with E-state index in [2.05, 4.69) is 0 Å². The van der Waals surface area contributed by atoms with Crippen molar-refractivity contribution in [1.82, 2.24) is 4.90 Å². The van der Waals surface area contributed by atoms with Crippen LogP contribution in [-0.4, -0.2) is 46.7 Å². The Morgan fingerprint density at radius 3 is 1.94 bits per heavy atom. The van der Waals surface area contributed by atoms with Gasteiger partial charge in [-0.05, 0) is 59.4 Å². The van der Waals surface area contributed by atoms with Gasteiger partial charge in [-0.15, -0.1) is 0 Å². The maximum Gasteiger partial charge on any atom is 0.411 e. The maximum atomic E-state index is 13.0. The van der Waals surface area contributed by atoms with Crippen LogP contribution in [0.4, 0.5) is 4.79 Å². The summed E-state index contributed by atoms with van der Waals surface area (Å²) in [5.74, 6) is -1.15. The number of ether oxygens (including phenoxy) is 3. The minimum atomic E-state index is -0.980. The highest BCUT2D eigenvalue weighted by molar-refractivity contribution is 5.85. The third-order valence-electron chi connectivity index (χ3n) is 3.91. The molecule has 0 unspecified atom stereocenters. The summed E-state index contributed by atoms with van der Waals surface area (Å²) >= 11 is 0. The molecule has 0 spiro atoms. The average molecular weight is 436 g/mol. The van der Waals surface area contributed by atoms with Crippen molar-refractivity contribution in [2.24, 2.45) is 5.92 Å². The van der Waals surface area contributed by atoms with Crippen LogP contribution in [0.1, 0.15) is 67.4 Å². The van der Waals surface area contributed by atoms with Crippen LogP contribution in [0.5, 0.6) is 0 Å². The molecular formula is C24H37NO6. The van der Waals surface area contributed by atoms with Gasteiger partial charge in [0.1, 0.15) is 30.4 Å². The molecule has 7 heteroatoms. The Hall–Kier alpha value is -2.57. The molecule has 1 amide bonds. The van der Waals surface area contributed by atoms with Crippen molar-refractivity contribution in [3.8, 4) is 0 Å². The lowest BCUT2D eigenvalue weighted by molar-refractivity contribution is -0.159. The minimum Gasteiger partial charge on any atom is -0.459 e. The van der Waals surface area contributed by atoms with Gasteiger partial charge in [0.25, 0.3) is 0 Å². The number of carbonyl (C=O) groups is 3. The Labute approximate surface area is 186 Å². The van der Waals surface area contributed by atoms with Crippen molar-refractivity contribution in [2.45, 2.75) is 85.7 Å². The average Bonchev–Trinajstić information content (AvgIpc) is 2.60. The van der Waals surface area contributed by atoms with Crippen molar-refractivity contribution in [3.05, 3.63) is 35.9 Å². The molecule has 0 saturated carbocycles. The predicted octanol–water partition coefficient (Wildman–Crippen LogP) is 4.72. The van der Waals surface area contributed by atoms with Crippen molar-refractivity contribution in [2.75, 3.05) is 6.54 Å². The molecule has 0 radical (unpaired) electrons. The van der Waals surface area contributed by atoms with E-state index in [4.69, 9.17) is 14.2 Å². The molecule has 174 valence electrons. The molecule has 0 saturated heterocycles. The number of amides is 1. The van der Waals surface area contributed by atoms with E-state index in [1.165, 1.54) is 0 Å².